The van der Waals surface area contributed by atoms with E-state index in [9.17, 15) is 14.7 Å². The molecule has 1 atom stereocenters. The van der Waals surface area contributed by atoms with Crippen LogP contribution in [-0.4, -0.2) is 42.1 Å². The molecule has 1 aliphatic rings. The quantitative estimate of drug-likeness (QED) is 0.144. The zero-order valence-electron chi connectivity index (χ0n) is 22.8. The van der Waals surface area contributed by atoms with E-state index in [0.717, 1.165) is 22.2 Å². The Morgan fingerprint density at radius 1 is 1.00 bits per heavy atom. The van der Waals surface area contributed by atoms with E-state index in [2.05, 4.69) is 0 Å². The van der Waals surface area contributed by atoms with Crippen molar-refractivity contribution in [3.05, 3.63) is 82.9 Å². The van der Waals surface area contributed by atoms with Gasteiger partial charge in [-0.1, -0.05) is 30.4 Å². The summed E-state index contributed by atoms with van der Waals surface area (Å²) in [5.74, 6) is -0.186. The van der Waals surface area contributed by atoms with E-state index in [1.54, 1.807) is 49.6 Å². The number of fused-ring (bicyclic) bond motifs is 1. The summed E-state index contributed by atoms with van der Waals surface area (Å²) in [6.07, 6.45) is 0.826. The summed E-state index contributed by atoms with van der Waals surface area (Å²) < 4.78 is 17.9. The number of hydrogen-bond donors (Lipinski definition) is 1. The first kappa shape index (κ1) is 27.2. The number of thiazole rings is 1. The molecule has 0 aliphatic carbocycles. The van der Waals surface area contributed by atoms with Gasteiger partial charge in [-0.2, -0.15) is 0 Å². The van der Waals surface area contributed by atoms with Crippen LogP contribution >= 0.6 is 11.3 Å². The molecule has 206 valence electrons. The van der Waals surface area contributed by atoms with Gasteiger partial charge in [0.1, 0.15) is 11.5 Å². The van der Waals surface area contributed by atoms with Crippen LogP contribution in [-0.2, 0) is 9.59 Å². The van der Waals surface area contributed by atoms with Crippen molar-refractivity contribution in [3.63, 3.8) is 0 Å². The van der Waals surface area contributed by atoms with E-state index in [0.29, 0.717) is 46.7 Å². The van der Waals surface area contributed by atoms with Crippen molar-refractivity contribution in [2.75, 3.05) is 25.2 Å². The Morgan fingerprint density at radius 2 is 1.77 bits per heavy atom. The van der Waals surface area contributed by atoms with Crippen molar-refractivity contribution in [2.24, 2.45) is 0 Å². The minimum atomic E-state index is -0.941. The third kappa shape index (κ3) is 5.00. The predicted octanol–water partition coefficient (Wildman–Crippen LogP) is 6.43. The normalized spacial score (nSPS) is 16.5. The van der Waals surface area contributed by atoms with Crippen LogP contribution in [0, 0.1) is 6.92 Å². The van der Waals surface area contributed by atoms with Crippen molar-refractivity contribution < 1.29 is 28.9 Å². The molecule has 4 aromatic rings. The molecular formula is C31H30N2O6S. The number of ether oxygens (including phenoxy) is 3. The standard InChI is InChI=1S/C31H30N2O6S/c1-5-15-39-23-14-10-20(17-24(23)38-6-2)27-26(28(34)19-8-11-21(37-4)12-9-19)29(35)30(36)33(27)31-32-22-13-7-18(3)16-25(22)40-31/h7-14,16-17,27,34H,5-6,15H2,1-4H3. The van der Waals surface area contributed by atoms with Gasteiger partial charge in [-0.05, 0) is 79.9 Å². The van der Waals surface area contributed by atoms with Gasteiger partial charge in [0.05, 0.1) is 42.2 Å². The molecule has 3 aromatic carbocycles. The Hall–Kier alpha value is -4.37. The molecule has 2 heterocycles. The third-order valence-electron chi connectivity index (χ3n) is 6.59. The summed E-state index contributed by atoms with van der Waals surface area (Å²) in [5, 5.41) is 11.8. The predicted molar refractivity (Wildman–Crippen MR) is 156 cm³/mol. The SMILES string of the molecule is CCCOc1ccc(C2C(=C(O)c3ccc(OC)cc3)C(=O)C(=O)N2c2nc3ccc(C)cc3s2)cc1OCC. The van der Waals surface area contributed by atoms with Crippen LogP contribution in [0.25, 0.3) is 16.0 Å². The molecule has 0 bridgehead atoms. The number of anilines is 1. The molecule has 1 N–H and O–H groups in total. The second-order valence-corrected chi connectivity index (χ2v) is 10.4. The highest BCUT2D eigenvalue weighted by Crippen LogP contribution is 2.46. The Bertz CT molecular complexity index is 1610. The maximum atomic E-state index is 13.6. The molecular weight excluding hydrogens is 528 g/mol. The lowest BCUT2D eigenvalue weighted by atomic mass is 9.95. The van der Waals surface area contributed by atoms with Gasteiger partial charge in [0.25, 0.3) is 5.78 Å². The molecule has 1 aliphatic heterocycles. The first-order valence-electron chi connectivity index (χ1n) is 13.1. The van der Waals surface area contributed by atoms with Gasteiger partial charge < -0.3 is 19.3 Å². The molecule has 9 heteroatoms. The van der Waals surface area contributed by atoms with Crippen LogP contribution in [0.2, 0.25) is 0 Å². The minimum Gasteiger partial charge on any atom is -0.507 e. The highest BCUT2D eigenvalue weighted by atomic mass is 32.1. The average Bonchev–Trinajstić information content (AvgIpc) is 3.49. The number of Topliss-reactive ketones (excluding diaryl/α,β-unsaturated/α-hetero) is 1. The Kier molecular flexibility index (Phi) is 7.75. The molecule has 0 spiro atoms. The number of carbonyl (C=O) groups is 2. The second kappa shape index (κ2) is 11.4. The van der Waals surface area contributed by atoms with E-state index in [1.165, 1.54) is 16.2 Å². The topological polar surface area (TPSA) is 98.2 Å². The molecule has 1 amide bonds. The lowest BCUT2D eigenvalue weighted by molar-refractivity contribution is -0.132. The second-order valence-electron chi connectivity index (χ2n) is 9.35. The molecule has 1 saturated heterocycles. The van der Waals surface area contributed by atoms with E-state index in [4.69, 9.17) is 19.2 Å². The van der Waals surface area contributed by atoms with Crippen LogP contribution in [0.4, 0.5) is 5.13 Å². The van der Waals surface area contributed by atoms with Gasteiger partial charge in [0, 0.05) is 5.56 Å². The van der Waals surface area contributed by atoms with Crippen LogP contribution in [0.1, 0.15) is 43.0 Å². The van der Waals surface area contributed by atoms with Gasteiger partial charge in [0.2, 0.25) is 0 Å². The van der Waals surface area contributed by atoms with E-state index >= 15 is 0 Å². The monoisotopic (exact) mass is 558 g/mol. The number of aryl methyl sites for hydroxylation is 1. The first-order valence-corrected chi connectivity index (χ1v) is 13.9. The number of methoxy groups -OCH3 is 1. The maximum absolute atomic E-state index is 13.6. The van der Waals surface area contributed by atoms with Gasteiger partial charge in [-0.15, -0.1) is 0 Å². The fourth-order valence-corrected chi connectivity index (χ4v) is 5.76. The van der Waals surface area contributed by atoms with Crippen LogP contribution < -0.4 is 19.1 Å². The zero-order chi connectivity index (χ0) is 28.4. The molecule has 1 aromatic heterocycles. The zero-order valence-corrected chi connectivity index (χ0v) is 23.6. The number of ketones is 1. The lowest BCUT2D eigenvalue weighted by Crippen LogP contribution is -2.29. The highest BCUT2D eigenvalue weighted by Gasteiger charge is 2.48. The summed E-state index contributed by atoms with van der Waals surface area (Å²) in [5.41, 5.74) is 2.72. The molecule has 0 radical (unpaired) electrons. The summed E-state index contributed by atoms with van der Waals surface area (Å²) in [4.78, 5) is 33.3. The number of hydrogen-bond acceptors (Lipinski definition) is 8. The lowest BCUT2D eigenvalue weighted by Gasteiger charge is -2.24. The number of nitrogens with zero attached hydrogens (tertiary/aromatic N) is 2. The highest BCUT2D eigenvalue weighted by molar-refractivity contribution is 7.22. The Balaban J connectivity index is 1.70. The van der Waals surface area contributed by atoms with Crippen molar-refractivity contribution in [2.45, 2.75) is 33.2 Å². The minimum absolute atomic E-state index is 0.0321. The molecule has 8 nitrogen and oxygen atoms in total. The number of aliphatic hydroxyl groups is 1. The number of carbonyl (C=O) groups excluding carboxylic acids is 2. The van der Waals surface area contributed by atoms with E-state index < -0.39 is 17.7 Å². The third-order valence-corrected chi connectivity index (χ3v) is 7.61. The van der Waals surface area contributed by atoms with Gasteiger partial charge in [-0.3, -0.25) is 14.5 Å². The molecule has 0 saturated carbocycles. The van der Waals surface area contributed by atoms with Gasteiger partial charge in [0.15, 0.2) is 16.6 Å². The number of amides is 1. The van der Waals surface area contributed by atoms with Crippen LogP contribution in [0.3, 0.4) is 0 Å². The van der Waals surface area contributed by atoms with Gasteiger partial charge >= 0.3 is 5.91 Å². The maximum Gasteiger partial charge on any atom is 0.301 e. The summed E-state index contributed by atoms with van der Waals surface area (Å²) in [7, 11) is 1.55. The van der Waals surface area contributed by atoms with Crippen LogP contribution in [0.5, 0.6) is 17.2 Å². The van der Waals surface area contributed by atoms with Crippen molar-refractivity contribution in [1.29, 1.82) is 0 Å². The first-order chi connectivity index (χ1) is 19.4. The van der Waals surface area contributed by atoms with Crippen molar-refractivity contribution in [1.82, 2.24) is 4.98 Å². The van der Waals surface area contributed by atoms with Crippen molar-refractivity contribution >= 4 is 44.1 Å². The van der Waals surface area contributed by atoms with Gasteiger partial charge in [-0.25, -0.2) is 4.98 Å². The van der Waals surface area contributed by atoms with E-state index in [-0.39, 0.29) is 11.3 Å². The van der Waals surface area contributed by atoms with E-state index in [1.807, 2.05) is 39.0 Å². The number of aromatic nitrogens is 1. The molecule has 5 rings (SSSR count). The fourth-order valence-electron chi connectivity index (χ4n) is 4.67. The molecule has 1 unspecified atom stereocenters. The average molecular weight is 559 g/mol. The number of benzene rings is 3. The van der Waals surface area contributed by atoms with Crippen molar-refractivity contribution in [3.8, 4) is 17.2 Å². The molecule has 40 heavy (non-hydrogen) atoms. The molecule has 1 fully saturated rings. The smallest absolute Gasteiger partial charge is 0.301 e. The number of rotatable bonds is 9. The summed E-state index contributed by atoms with van der Waals surface area (Å²) in [6, 6.07) is 16.9. The number of aliphatic hydroxyl groups excluding tert-OH is 1. The summed E-state index contributed by atoms with van der Waals surface area (Å²) in [6.45, 7) is 6.78. The fraction of sp³-hybridized carbons (Fsp3) is 0.258. The Morgan fingerprint density at radius 3 is 2.48 bits per heavy atom. The summed E-state index contributed by atoms with van der Waals surface area (Å²) >= 11 is 1.32. The Labute approximate surface area is 236 Å². The van der Waals surface area contributed by atoms with Crippen LogP contribution in [0.15, 0.2) is 66.2 Å². The largest absolute Gasteiger partial charge is 0.507 e.